The monoisotopic (exact) mass is 343 g/mol. The third kappa shape index (κ3) is 3.19. The average Bonchev–Trinajstić information content (AvgIpc) is 3.20. The van der Waals surface area contributed by atoms with Gasteiger partial charge in [0.1, 0.15) is 11.1 Å². The number of nitriles is 1. The normalized spacial score (nSPS) is 13.4. The van der Waals surface area contributed by atoms with E-state index in [-0.39, 0.29) is 6.61 Å². The number of carbonyl (C=O) groups is 2. The van der Waals surface area contributed by atoms with Gasteiger partial charge in [0.25, 0.3) is 5.91 Å². The lowest BCUT2D eigenvalue weighted by molar-refractivity contribution is -0.119. The first kappa shape index (κ1) is 16.3. The molecule has 0 unspecified atom stereocenters. The highest BCUT2D eigenvalue weighted by Crippen LogP contribution is 2.38. The fourth-order valence-corrected chi connectivity index (χ4v) is 3.50. The lowest BCUT2D eigenvalue weighted by Gasteiger charge is -2.08. The highest BCUT2D eigenvalue weighted by Gasteiger charge is 2.28. The van der Waals surface area contributed by atoms with E-state index in [1.54, 1.807) is 17.5 Å². The molecule has 1 fully saturated rings. The molecule has 0 bridgehead atoms. The maximum atomic E-state index is 12.2. The van der Waals surface area contributed by atoms with Gasteiger partial charge in [-0.2, -0.15) is 5.26 Å². The molecule has 1 amide bonds. The molecule has 6 nitrogen and oxygen atoms in total. The number of ether oxygens (including phenoxy) is 1. The molecule has 0 saturated heterocycles. The van der Waals surface area contributed by atoms with E-state index >= 15 is 0 Å². The number of nitrogens with one attached hydrogen (secondary N) is 1. The van der Waals surface area contributed by atoms with E-state index < -0.39 is 11.9 Å². The van der Waals surface area contributed by atoms with Crippen molar-refractivity contribution in [3.8, 4) is 6.07 Å². The van der Waals surface area contributed by atoms with Crippen molar-refractivity contribution in [1.29, 1.82) is 5.26 Å². The summed E-state index contributed by atoms with van der Waals surface area (Å²) < 4.78 is 7.27. The zero-order chi connectivity index (χ0) is 17.3. The van der Waals surface area contributed by atoms with Crippen molar-refractivity contribution >= 4 is 28.2 Å². The third-order valence-corrected chi connectivity index (χ3v) is 4.82. The number of amides is 1. The van der Waals surface area contributed by atoms with Crippen molar-refractivity contribution in [2.75, 3.05) is 11.9 Å². The molecule has 124 valence electrons. The third-order valence-electron chi connectivity index (χ3n) is 3.99. The Morgan fingerprint density at radius 2 is 2.21 bits per heavy atom. The van der Waals surface area contributed by atoms with Crippen molar-refractivity contribution < 1.29 is 14.3 Å². The summed E-state index contributed by atoms with van der Waals surface area (Å²) in [6.07, 6.45) is 2.27. The van der Waals surface area contributed by atoms with Crippen LogP contribution < -0.4 is 5.32 Å². The zero-order valence-corrected chi connectivity index (χ0v) is 14.3. The van der Waals surface area contributed by atoms with E-state index in [9.17, 15) is 9.59 Å². The van der Waals surface area contributed by atoms with E-state index in [1.807, 2.05) is 19.9 Å². The summed E-state index contributed by atoms with van der Waals surface area (Å²) in [6.45, 7) is 3.48. The van der Waals surface area contributed by atoms with Crippen molar-refractivity contribution in [3.05, 3.63) is 40.0 Å². The van der Waals surface area contributed by atoms with Crippen molar-refractivity contribution in [3.63, 3.8) is 0 Å². The molecule has 1 aliphatic rings. The predicted molar refractivity (Wildman–Crippen MR) is 90.1 cm³/mol. The highest BCUT2D eigenvalue weighted by atomic mass is 32.1. The summed E-state index contributed by atoms with van der Waals surface area (Å²) in [6, 6.07) is 5.90. The van der Waals surface area contributed by atoms with Crippen LogP contribution in [0.15, 0.2) is 17.5 Å². The zero-order valence-electron chi connectivity index (χ0n) is 13.5. The van der Waals surface area contributed by atoms with E-state index in [0.29, 0.717) is 22.2 Å². The Morgan fingerprint density at radius 3 is 2.88 bits per heavy atom. The van der Waals surface area contributed by atoms with Gasteiger partial charge in [-0.05, 0) is 44.2 Å². The summed E-state index contributed by atoms with van der Waals surface area (Å²) in [5, 5.41) is 13.7. The van der Waals surface area contributed by atoms with Gasteiger partial charge in [-0.3, -0.25) is 4.79 Å². The van der Waals surface area contributed by atoms with E-state index in [0.717, 1.165) is 24.2 Å². The Morgan fingerprint density at radius 1 is 1.46 bits per heavy atom. The molecule has 24 heavy (non-hydrogen) atoms. The standard InChI is InChI=1S/C17H17N3O3S/c1-10-7-14(11(2)20(10)13-3-4-13)17(22)23-9-15(21)19-16-12(8-18)5-6-24-16/h5-7,13H,3-4,9H2,1-2H3,(H,19,21). The Bertz CT molecular complexity index is 840. The van der Waals surface area contributed by atoms with Crippen LogP contribution in [0, 0.1) is 25.2 Å². The lowest BCUT2D eigenvalue weighted by atomic mass is 10.2. The molecule has 0 aromatic carbocycles. The van der Waals surface area contributed by atoms with Crippen LogP contribution in [-0.4, -0.2) is 23.1 Å². The molecular weight excluding hydrogens is 326 g/mol. The Hall–Kier alpha value is -2.59. The van der Waals surface area contributed by atoms with Crippen LogP contribution in [0.5, 0.6) is 0 Å². The number of carbonyl (C=O) groups excluding carboxylic acids is 2. The first-order chi connectivity index (χ1) is 11.5. The molecule has 0 spiro atoms. The van der Waals surface area contributed by atoms with Crippen molar-refractivity contribution in [2.24, 2.45) is 0 Å². The predicted octanol–water partition coefficient (Wildman–Crippen LogP) is 3.17. The van der Waals surface area contributed by atoms with Crippen LogP contribution in [-0.2, 0) is 9.53 Å². The highest BCUT2D eigenvalue weighted by molar-refractivity contribution is 7.14. The summed E-state index contributed by atoms with van der Waals surface area (Å²) in [4.78, 5) is 24.1. The number of nitrogens with zero attached hydrogens (tertiary/aromatic N) is 2. The number of aromatic nitrogens is 1. The van der Waals surface area contributed by atoms with Gasteiger partial charge in [0.05, 0.1) is 11.1 Å². The number of thiophene rings is 1. The summed E-state index contributed by atoms with van der Waals surface area (Å²) in [5.41, 5.74) is 2.81. The topological polar surface area (TPSA) is 84.1 Å². The van der Waals surface area contributed by atoms with Crippen LogP contribution in [0.1, 0.15) is 46.2 Å². The molecular formula is C17H17N3O3S. The number of aryl methyl sites for hydroxylation is 1. The summed E-state index contributed by atoms with van der Waals surface area (Å²) >= 11 is 1.25. The quantitative estimate of drug-likeness (QED) is 0.845. The molecule has 1 saturated carbocycles. The Labute approximate surface area is 143 Å². The van der Waals surface area contributed by atoms with Crippen LogP contribution in [0.25, 0.3) is 0 Å². The molecule has 0 radical (unpaired) electrons. The number of hydrogen-bond acceptors (Lipinski definition) is 5. The van der Waals surface area contributed by atoms with Crippen molar-refractivity contribution in [1.82, 2.24) is 4.57 Å². The number of anilines is 1. The van der Waals surface area contributed by atoms with Crippen LogP contribution in [0.4, 0.5) is 5.00 Å². The fourth-order valence-electron chi connectivity index (χ4n) is 2.74. The van der Waals surface area contributed by atoms with Gasteiger partial charge < -0.3 is 14.6 Å². The summed E-state index contributed by atoms with van der Waals surface area (Å²) in [7, 11) is 0. The minimum Gasteiger partial charge on any atom is -0.452 e. The molecule has 7 heteroatoms. The second kappa shape index (κ2) is 6.49. The van der Waals surface area contributed by atoms with Crippen LogP contribution in [0.3, 0.4) is 0 Å². The van der Waals surface area contributed by atoms with Gasteiger partial charge in [0, 0.05) is 17.4 Å². The van der Waals surface area contributed by atoms with E-state index in [4.69, 9.17) is 10.00 Å². The van der Waals surface area contributed by atoms with Gasteiger partial charge in [0.2, 0.25) is 0 Å². The second-order valence-electron chi connectivity index (χ2n) is 5.79. The minimum absolute atomic E-state index is 0.380. The van der Waals surface area contributed by atoms with Gasteiger partial charge in [-0.1, -0.05) is 0 Å². The molecule has 0 atom stereocenters. The molecule has 1 aliphatic carbocycles. The van der Waals surface area contributed by atoms with Crippen molar-refractivity contribution in [2.45, 2.75) is 32.7 Å². The Balaban J connectivity index is 1.61. The molecule has 2 aromatic rings. The largest absolute Gasteiger partial charge is 0.452 e. The van der Waals surface area contributed by atoms with Gasteiger partial charge in [-0.15, -0.1) is 11.3 Å². The number of hydrogen-bond donors (Lipinski definition) is 1. The second-order valence-corrected chi connectivity index (χ2v) is 6.70. The van der Waals surface area contributed by atoms with Gasteiger partial charge >= 0.3 is 5.97 Å². The van der Waals surface area contributed by atoms with E-state index in [1.165, 1.54) is 11.3 Å². The molecule has 3 rings (SSSR count). The maximum absolute atomic E-state index is 12.2. The maximum Gasteiger partial charge on any atom is 0.340 e. The minimum atomic E-state index is -0.503. The van der Waals surface area contributed by atoms with Gasteiger partial charge in [-0.25, -0.2) is 4.79 Å². The SMILES string of the molecule is Cc1cc(C(=O)OCC(=O)Nc2sccc2C#N)c(C)n1C1CC1. The Kier molecular flexibility index (Phi) is 4.40. The first-order valence-electron chi connectivity index (χ1n) is 7.64. The lowest BCUT2D eigenvalue weighted by Crippen LogP contribution is -2.21. The molecule has 0 aliphatic heterocycles. The number of esters is 1. The molecule has 1 N–H and O–H groups in total. The average molecular weight is 343 g/mol. The van der Waals surface area contributed by atoms with Crippen LogP contribution in [0.2, 0.25) is 0 Å². The fraction of sp³-hybridized carbons (Fsp3) is 0.353. The number of rotatable bonds is 5. The van der Waals surface area contributed by atoms with Gasteiger partial charge in [0.15, 0.2) is 6.61 Å². The van der Waals surface area contributed by atoms with Crippen LogP contribution >= 0.6 is 11.3 Å². The summed E-state index contributed by atoms with van der Waals surface area (Å²) in [5.74, 6) is -0.963. The first-order valence-corrected chi connectivity index (χ1v) is 8.52. The molecule has 2 aromatic heterocycles. The smallest absolute Gasteiger partial charge is 0.340 e. The molecule has 2 heterocycles. The van der Waals surface area contributed by atoms with E-state index in [2.05, 4.69) is 9.88 Å².